The number of hydrogen-bond acceptors (Lipinski definition) is 5. The second-order valence-corrected chi connectivity index (χ2v) is 8.09. The molecule has 2 heterocycles. The van der Waals surface area contributed by atoms with Gasteiger partial charge in [0.2, 0.25) is 5.91 Å². The van der Waals surface area contributed by atoms with Crippen LogP contribution in [-0.2, 0) is 4.79 Å². The van der Waals surface area contributed by atoms with Crippen LogP contribution in [0.4, 0.5) is 10.1 Å². The number of fused-ring (bicyclic) bond motifs is 1. The number of amides is 1. The van der Waals surface area contributed by atoms with Crippen molar-refractivity contribution in [2.45, 2.75) is 45.1 Å². The van der Waals surface area contributed by atoms with Gasteiger partial charge in [-0.05, 0) is 31.4 Å². The van der Waals surface area contributed by atoms with Crippen LogP contribution in [0.1, 0.15) is 55.4 Å². The number of hydrogen-bond donors (Lipinski definition) is 0. The summed E-state index contributed by atoms with van der Waals surface area (Å²) in [6, 6.07) is 2.88. The van der Waals surface area contributed by atoms with Gasteiger partial charge >= 0.3 is 51.4 Å². The third-order valence-corrected chi connectivity index (χ3v) is 5.98. The number of piperazine rings is 1. The first-order valence-electron chi connectivity index (χ1n) is 10.5. The van der Waals surface area contributed by atoms with E-state index in [4.69, 9.17) is 0 Å². The average Bonchev–Trinajstić information content (AvgIpc) is 3.57. The molecule has 2 aromatic rings. The van der Waals surface area contributed by atoms with Crippen molar-refractivity contribution >= 4 is 28.5 Å². The molecule has 1 aliphatic carbocycles. The number of pyridine rings is 1. The molecular formula is C22H25FKN3O4. The second-order valence-electron chi connectivity index (χ2n) is 8.09. The number of benzene rings is 1. The summed E-state index contributed by atoms with van der Waals surface area (Å²) in [7, 11) is 0. The van der Waals surface area contributed by atoms with E-state index in [1.807, 2.05) is 16.7 Å². The first-order chi connectivity index (χ1) is 14.4. The number of halogens is 1. The number of carboxylic acid groups (broad SMARTS) is 1. The van der Waals surface area contributed by atoms with E-state index in [9.17, 15) is 23.9 Å². The predicted molar refractivity (Wildman–Crippen MR) is 109 cm³/mol. The molecule has 1 aromatic carbocycles. The quantitative estimate of drug-likeness (QED) is 0.507. The summed E-state index contributed by atoms with van der Waals surface area (Å²) in [5.41, 5.74) is -0.261. The smallest absolute Gasteiger partial charge is 0.545 e. The molecular weight excluding hydrogens is 428 g/mol. The number of nitrogens with zero attached hydrogens (tertiary/aromatic N) is 3. The number of carbonyl (C=O) groups excluding carboxylic acids is 2. The van der Waals surface area contributed by atoms with E-state index in [1.54, 1.807) is 10.6 Å². The van der Waals surface area contributed by atoms with Gasteiger partial charge in [-0.2, -0.15) is 0 Å². The number of carboxylic acids is 1. The van der Waals surface area contributed by atoms with Crippen LogP contribution in [0.3, 0.4) is 0 Å². The van der Waals surface area contributed by atoms with Gasteiger partial charge in [-0.1, -0.05) is 13.3 Å². The number of anilines is 1. The molecule has 0 atom stereocenters. The van der Waals surface area contributed by atoms with E-state index >= 15 is 0 Å². The molecule has 2 aliphatic rings. The van der Waals surface area contributed by atoms with Crippen molar-refractivity contribution in [2.24, 2.45) is 0 Å². The predicted octanol–water partition coefficient (Wildman–Crippen LogP) is -1.32. The molecule has 1 saturated carbocycles. The van der Waals surface area contributed by atoms with Crippen LogP contribution < -0.4 is 66.8 Å². The minimum Gasteiger partial charge on any atom is -0.545 e. The Balaban J connectivity index is 0.00000272. The van der Waals surface area contributed by atoms with Crippen molar-refractivity contribution in [3.05, 3.63) is 39.9 Å². The third-order valence-electron chi connectivity index (χ3n) is 5.98. The van der Waals surface area contributed by atoms with Gasteiger partial charge in [0.25, 0.3) is 0 Å². The fourth-order valence-corrected chi connectivity index (χ4v) is 4.08. The van der Waals surface area contributed by atoms with Crippen LogP contribution in [0, 0.1) is 5.82 Å². The molecule has 0 unspecified atom stereocenters. The van der Waals surface area contributed by atoms with Gasteiger partial charge in [-0.15, -0.1) is 0 Å². The summed E-state index contributed by atoms with van der Waals surface area (Å²) < 4.78 is 16.7. The third kappa shape index (κ3) is 5.06. The number of unbranched alkanes of at least 4 members (excludes halogenated alkanes) is 1. The van der Waals surface area contributed by atoms with Gasteiger partial charge in [0.05, 0.1) is 22.7 Å². The number of carbonyl (C=O) groups is 2. The Kier molecular flexibility index (Phi) is 7.96. The summed E-state index contributed by atoms with van der Waals surface area (Å²) >= 11 is 0. The SMILES string of the molecule is CCCCC(=O)N1CCN(c2cc3c(cc2F)c(=O)c(C(=O)[O-])cn3C2CC2)CC1.[K+]. The van der Waals surface area contributed by atoms with Gasteiger partial charge in [0, 0.05) is 50.2 Å². The van der Waals surface area contributed by atoms with Crippen LogP contribution in [-0.4, -0.2) is 47.5 Å². The van der Waals surface area contributed by atoms with Crippen molar-refractivity contribution in [3.63, 3.8) is 0 Å². The molecule has 1 saturated heterocycles. The normalized spacial score (nSPS) is 16.3. The largest absolute Gasteiger partial charge is 1.00 e. The van der Waals surface area contributed by atoms with Gasteiger partial charge < -0.3 is 24.3 Å². The summed E-state index contributed by atoms with van der Waals surface area (Å²) in [5, 5.41) is 11.4. The molecule has 0 bridgehead atoms. The van der Waals surface area contributed by atoms with Crippen molar-refractivity contribution < 1.29 is 70.5 Å². The monoisotopic (exact) mass is 453 g/mol. The van der Waals surface area contributed by atoms with E-state index in [0.29, 0.717) is 43.8 Å². The molecule has 160 valence electrons. The van der Waals surface area contributed by atoms with Gasteiger partial charge in [-0.3, -0.25) is 9.59 Å². The minimum absolute atomic E-state index is 0. The molecule has 2 fully saturated rings. The standard InChI is InChI=1S/C22H26FN3O4.K/c1-2-3-4-20(27)25-9-7-24(8-10-25)19-12-18-15(11-17(19)23)21(28)16(22(29)30)13-26(18)14-5-6-14;/h11-14H,2-10H2,1H3,(H,29,30);/q;+1/p-1. The Morgan fingerprint density at radius 1 is 1.16 bits per heavy atom. The molecule has 1 aliphatic heterocycles. The maximum absolute atomic E-state index is 15.0. The van der Waals surface area contributed by atoms with Crippen molar-refractivity contribution in [1.29, 1.82) is 0 Å². The van der Waals surface area contributed by atoms with Gasteiger partial charge in [0.15, 0.2) is 5.43 Å². The maximum atomic E-state index is 15.0. The van der Waals surface area contributed by atoms with Crippen molar-refractivity contribution in [2.75, 3.05) is 31.1 Å². The molecule has 0 radical (unpaired) electrons. The van der Waals surface area contributed by atoms with E-state index in [2.05, 4.69) is 0 Å². The maximum Gasteiger partial charge on any atom is 1.00 e. The van der Waals surface area contributed by atoms with Crippen LogP contribution in [0.15, 0.2) is 23.1 Å². The molecule has 31 heavy (non-hydrogen) atoms. The first-order valence-corrected chi connectivity index (χ1v) is 10.5. The second kappa shape index (κ2) is 10.1. The van der Waals surface area contributed by atoms with Crippen molar-refractivity contribution in [3.8, 4) is 0 Å². The molecule has 1 aromatic heterocycles. The van der Waals surface area contributed by atoms with Crippen LogP contribution in [0.25, 0.3) is 10.9 Å². The van der Waals surface area contributed by atoms with Crippen LogP contribution in [0.2, 0.25) is 0 Å². The van der Waals surface area contributed by atoms with Gasteiger partial charge in [0.1, 0.15) is 5.82 Å². The fourth-order valence-electron chi connectivity index (χ4n) is 4.08. The average molecular weight is 454 g/mol. The number of aromatic carboxylic acids is 1. The number of aromatic nitrogens is 1. The first kappa shape index (κ1) is 24.4. The fraction of sp³-hybridized carbons (Fsp3) is 0.500. The van der Waals surface area contributed by atoms with E-state index in [0.717, 1.165) is 31.7 Å². The Bertz CT molecular complexity index is 1060. The zero-order chi connectivity index (χ0) is 21.4. The van der Waals surface area contributed by atoms with Gasteiger partial charge in [-0.25, -0.2) is 4.39 Å². The van der Waals surface area contributed by atoms with E-state index < -0.39 is 22.8 Å². The summed E-state index contributed by atoms with van der Waals surface area (Å²) in [4.78, 5) is 39.8. The molecule has 9 heteroatoms. The Hall–Kier alpha value is -1.26. The topological polar surface area (TPSA) is 85.7 Å². The van der Waals surface area contributed by atoms with E-state index in [-0.39, 0.29) is 68.7 Å². The minimum atomic E-state index is -1.55. The summed E-state index contributed by atoms with van der Waals surface area (Å²) in [6.07, 6.45) is 5.46. The summed E-state index contributed by atoms with van der Waals surface area (Å²) in [5.74, 6) is -1.99. The van der Waals surface area contributed by atoms with Crippen molar-refractivity contribution in [1.82, 2.24) is 9.47 Å². The zero-order valence-corrected chi connectivity index (χ0v) is 21.1. The Labute approximate surface area is 222 Å². The molecule has 4 rings (SSSR count). The zero-order valence-electron chi connectivity index (χ0n) is 18.0. The molecule has 0 spiro atoms. The summed E-state index contributed by atoms with van der Waals surface area (Å²) in [6.45, 7) is 4.11. The molecule has 7 nitrogen and oxygen atoms in total. The Morgan fingerprint density at radius 2 is 1.84 bits per heavy atom. The Morgan fingerprint density at radius 3 is 2.42 bits per heavy atom. The van der Waals surface area contributed by atoms with Crippen LogP contribution >= 0.6 is 0 Å². The molecule has 0 N–H and O–H groups in total. The molecule has 1 amide bonds. The number of rotatable bonds is 6. The van der Waals surface area contributed by atoms with Crippen LogP contribution in [0.5, 0.6) is 0 Å². The van der Waals surface area contributed by atoms with E-state index in [1.165, 1.54) is 6.20 Å².